The smallest absolute Gasteiger partial charge is 0.326 e. The molecule has 2 amide bonds. The van der Waals surface area contributed by atoms with Crippen LogP contribution in [0.1, 0.15) is 26.3 Å². The number of carbonyl (C=O) groups excluding carboxylic acids is 3. The van der Waals surface area contributed by atoms with Gasteiger partial charge in [-0.15, -0.1) is 0 Å². The minimum absolute atomic E-state index is 0.254. The summed E-state index contributed by atoms with van der Waals surface area (Å²) >= 11 is 0.799. The predicted octanol–water partition coefficient (Wildman–Crippen LogP) is 3.07. The van der Waals surface area contributed by atoms with Crippen molar-refractivity contribution in [2.75, 3.05) is 13.2 Å². The maximum atomic E-state index is 12.4. The molecule has 1 fully saturated rings. The van der Waals surface area contributed by atoms with Crippen LogP contribution in [0.5, 0.6) is 5.75 Å². The van der Waals surface area contributed by atoms with Crippen molar-refractivity contribution < 1.29 is 23.9 Å². The second-order valence-corrected chi connectivity index (χ2v) is 6.27. The van der Waals surface area contributed by atoms with Crippen LogP contribution in [0.2, 0.25) is 0 Å². The molecule has 0 atom stereocenters. The summed E-state index contributed by atoms with van der Waals surface area (Å²) in [7, 11) is 0. The normalized spacial score (nSPS) is 16.2. The fourth-order valence-corrected chi connectivity index (χ4v) is 2.92. The lowest BCUT2D eigenvalue weighted by Crippen LogP contribution is -2.35. The molecule has 128 valence electrons. The molecule has 1 aromatic carbocycles. The molecule has 0 saturated carbocycles. The van der Waals surface area contributed by atoms with E-state index in [9.17, 15) is 14.4 Å². The number of para-hydroxylation sites is 1. The van der Waals surface area contributed by atoms with Gasteiger partial charge in [0.05, 0.1) is 17.6 Å². The van der Waals surface area contributed by atoms with E-state index >= 15 is 0 Å². The molecule has 7 heteroatoms. The van der Waals surface area contributed by atoms with Gasteiger partial charge < -0.3 is 9.47 Å². The SMILES string of the molecule is CCOc1ccccc1/C=C1\SC(=O)N(CC(=O)OC(C)C)C1=O. The Morgan fingerprint density at radius 2 is 2.00 bits per heavy atom. The first-order valence-corrected chi connectivity index (χ1v) is 8.40. The van der Waals surface area contributed by atoms with Gasteiger partial charge in [0.1, 0.15) is 12.3 Å². The van der Waals surface area contributed by atoms with Gasteiger partial charge in [-0.3, -0.25) is 19.3 Å². The number of benzene rings is 1. The number of hydrogen-bond acceptors (Lipinski definition) is 6. The molecule has 24 heavy (non-hydrogen) atoms. The molecule has 1 aliphatic heterocycles. The number of carbonyl (C=O) groups is 3. The van der Waals surface area contributed by atoms with Crippen LogP contribution in [0.25, 0.3) is 6.08 Å². The second-order valence-electron chi connectivity index (χ2n) is 5.28. The highest BCUT2D eigenvalue weighted by atomic mass is 32.2. The average molecular weight is 349 g/mol. The molecule has 0 aromatic heterocycles. The molecule has 1 heterocycles. The van der Waals surface area contributed by atoms with Crippen molar-refractivity contribution in [3.05, 3.63) is 34.7 Å². The van der Waals surface area contributed by atoms with Gasteiger partial charge in [0.2, 0.25) is 0 Å². The summed E-state index contributed by atoms with van der Waals surface area (Å²) in [6.45, 7) is 5.39. The Balaban J connectivity index is 2.18. The molecule has 6 nitrogen and oxygen atoms in total. The molecule has 0 aliphatic carbocycles. The summed E-state index contributed by atoms with van der Waals surface area (Å²) in [4.78, 5) is 37.2. The third-order valence-corrected chi connectivity index (χ3v) is 3.94. The highest BCUT2D eigenvalue weighted by Crippen LogP contribution is 2.33. The van der Waals surface area contributed by atoms with Crippen LogP contribution in [-0.2, 0) is 14.3 Å². The molecular weight excluding hydrogens is 330 g/mol. The minimum Gasteiger partial charge on any atom is -0.493 e. The van der Waals surface area contributed by atoms with E-state index in [4.69, 9.17) is 9.47 Å². The van der Waals surface area contributed by atoms with E-state index in [0.29, 0.717) is 17.9 Å². The number of nitrogens with zero attached hydrogens (tertiary/aromatic N) is 1. The number of thioether (sulfide) groups is 1. The van der Waals surface area contributed by atoms with Crippen molar-refractivity contribution >= 4 is 35.0 Å². The number of rotatable bonds is 6. The molecular formula is C17H19NO5S. The molecule has 1 saturated heterocycles. The van der Waals surface area contributed by atoms with Crippen LogP contribution in [0.15, 0.2) is 29.2 Å². The fraction of sp³-hybridized carbons (Fsp3) is 0.353. The molecule has 0 radical (unpaired) electrons. The monoisotopic (exact) mass is 349 g/mol. The van der Waals surface area contributed by atoms with Crippen molar-refractivity contribution in [1.82, 2.24) is 4.90 Å². The molecule has 0 spiro atoms. The second kappa shape index (κ2) is 8.01. The maximum absolute atomic E-state index is 12.4. The van der Waals surface area contributed by atoms with E-state index in [1.807, 2.05) is 19.1 Å². The zero-order valence-corrected chi connectivity index (χ0v) is 14.6. The van der Waals surface area contributed by atoms with Crippen LogP contribution in [0.3, 0.4) is 0 Å². The zero-order valence-electron chi connectivity index (χ0n) is 13.8. The Morgan fingerprint density at radius 1 is 1.29 bits per heavy atom. The predicted molar refractivity (Wildman–Crippen MR) is 91.5 cm³/mol. The first kappa shape index (κ1) is 18.1. The van der Waals surface area contributed by atoms with E-state index < -0.39 is 17.1 Å². The summed E-state index contributed by atoms with van der Waals surface area (Å²) in [5.41, 5.74) is 0.703. The Hall–Kier alpha value is -2.28. The van der Waals surface area contributed by atoms with Crippen LogP contribution < -0.4 is 4.74 Å². The first-order chi connectivity index (χ1) is 11.4. The first-order valence-electron chi connectivity index (χ1n) is 7.59. The van der Waals surface area contributed by atoms with Gasteiger partial charge >= 0.3 is 5.97 Å². The largest absolute Gasteiger partial charge is 0.493 e. The standard InChI is InChI=1S/C17H19NO5S/c1-4-22-13-8-6-5-7-12(13)9-14-16(20)18(17(21)24-14)10-15(19)23-11(2)3/h5-9,11H,4,10H2,1-3H3/b14-9-. The fourth-order valence-electron chi connectivity index (χ4n) is 2.09. The van der Waals surface area contributed by atoms with Crippen molar-refractivity contribution in [3.8, 4) is 5.75 Å². The van der Waals surface area contributed by atoms with Gasteiger partial charge in [0, 0.05) is 5.56 Å². The van der Waals surface area contributed by atoms with Crippen LogP contribution in [0, 0.1) is 0 Å². The van der Waals surface area contributed by atoms with E-state index in [1.54, 1.807) is 32.1 Å². The molecule has 1 aliphatic rings. The van der Waals surface area contributed by atoms with Crippen molar-refractivity contribution in [2.45, 2.75) is 26.9 Å². The Labute approximate surface area is 144 Å². The lowest BCUT2D eigenvalue weighted by molar-refractivity contribution is -0.149. The summed E-state index contributed by atoms with van der Waals surface area (Å²) < 4.78 is 10.5. The van der Waals surface area contributed by atoms with Crippen molar-refractivity contribution in [2.24, 2.45) is 0 Å². The molecule has 0 bridgehead atoms. The van der Waals surface area contributed by atoms with Crippen LogP contribution in [-0.4, -0.2) is 41.3 Å². The number of hydrogen-bond donors (Lipinski definition) is 0. The lowest BCUT2D eigenvalue weighted by atomic mass is 10.2. The third kappa shape index (κ3) is 4.38. The lowest BCUT2D eigenvalue weighted by Gasteiger charge is -2.13. The number of imide groups is 1. The third-order valence-electron chi connectivity index (χ3n) is 3.03. The van der Waals surface area contributed by atoms with E-state index in [1.165, 1.54) is 0 Å². The quantitative estimate of drug-likeness (QED) is 0.580. The number of esters is 1. The van der Waals surface area contributed by atoms with Crippen molar-refractivity contribution in [1.29, 1.82) is 0 Å². The number of amides is 2. The highest BCUT2D eigenvalue weighted by Gasteiger charge is 2.36. The summed E-state index contributed by atoms with van der Waals surface area (Å²) in [5.74, 6) is -0.480. The Morgan fingerprint density at radius 3 is 2.67 bits per heavy atom. The number of ether oxygens (including phenoxy) is 2. The molecule has 2 rings (SSSR count). The van der Waals surface area contributed by atoms with Gasteiger partial charge in [-0.1, -0.05) is 18.2 Å². The Kier molecular flexibility index (Phi) is 6.03. The Bertz CT molecular complexity index is 683. The van der Waals surface area contributed by atoms with Gasteiger partial charge in [-0.05, 0) is 44.7 Å². The molecule has 0 N–H and O–H groups in total. The summed E-state index contributed by atoms with van der Waals surface area (Å²) in [6, 6.07) is 7.24. The molecule has 0 unspecified atom stereocenters. The van der Waals surface area contributed by atoms with Crippen LogP contribution >= 0.6 is 11.8 Å². The topological polar surface area (TPSA) is 72.9 Å². The summed E-state index contributed by atoms with van der Waals surface area (Å²) in [5, 5.41) is -0.485. The van der Waals surface area contributed by atoms with Crippen molar-refractivity contribution in [3.63, 3.8) is 0 Å². The van der Waals surface area contributed by atoms with E-state index in [2.05, 4.69) is 0 Å². The van der Waals surface area contributed by atoms with Gasteiger partial charge in [0.25, 0.3) is 11.1 Å². The minimum atomic E-state index is -0.608. The zero-order chi connectivity index (χ0) is 17.7. The molecule has 1 aromatic rings. The highest BCUT2D eigenvalue weighted by molar-refractivity contribution is 8.18. The maximum Gasteiger partial charge on any atom is 0.326 e. The van der Waals surface area contributed by atoms with E-state index in [-0.39, 0.29) is 17.6 Å². The summed E-state index contributed by atoms with van der Waals surface area (Å²) in [6.07, 6.45) is 1.30. The van der Waals surface area contributed by atoms with Gasteiger partial charge in [-0.2, -0.15) is 0 Å². The van der Waals surface area contributed by atoms with E-state index in [0.717, 1.165) is 16.7 Å². The van der Waals surface area contributed by atoms with Gasteiger partial charge in [0.15, 0.2) is 0 Å². The van der Waals surface area contributed by atoms with Gasteiger partial charge in [-0.25, -0.2) is 0 Å². The van der Waals surface area contributed by atoms with Crippen LogP contribution in [0.4, 0.5) is 4.79 Å². The average Bonchev–Trinajstić information content (AvgIpc) is 2.76.